The molecule has 0 aliphatic carbocycles. The van der Waals surface area contributed by atoms with Gasteiger partial charge in [0.15, 0.2) is 5.58 Å². The first kappa shape index (κ1) is 17.8. The first-order valence-corrected chi connectivity index (χ1v) is 9.28. The molecular formula is C21H24N2O4. The van der Waals surface area contributed by atoms with E-state index in [9.17, 15) is 9.90 Å². The number of hydrogen-bond donors (Lipinski definition) is 1. The quantitative estimate of drug-likeness (QED) is 0.750. The van der Waals surface area contributed by atoms with Gasteiger partial charge in [0.2, 0.25) is 0 Å². The number of aliphatic hydroxyl groups excluding tert-OH is 1. The lowest BCUT2D eigenvalue weighted by atomic mass is 10.0. The molecule has 0 radical (unpaired) electrons. The summed E-state index contributed by atoms with van der Waals surface area (Å²) in [6, 6.07) is 13.6. The van der Waals surface area contributed by atoms with Gasteiger partial charge in [-0.05, 0) is 49.2 Å². The lowest BCUT2D eigenvalue weighted by molar-refractivity contribution is 0.167. The first-order chi connectivity index (χ1) is 13.2. The van der Waals surface area contributed by atoms with E-state index in [2.05, 4.69) is 4.90 Å². The SMILES string of the molecule is COc1ccc(CN2CCCC(n3c(=O)oc4ccccc43)C2)cc1CO. The van der Waals surface area contributed by atoms with Crippen molar-refractivity contribution in [3.8, 4) is 5.75 Å². The average Bonchev–Trinajstić information content (AvgIpc) is 3.03. The Morgan fingerprint density at radius 3 is 2.93 bits per heavy atom. The maximum absolute atomic E-state index is 12.4. The van der Waals surface area contributed by atoms with Crippen LogP contribution in [0.2, 0.25) is 0 Å². The molecule has 1 aromatic heterocycles. The van der Waals surface area contributed by atoms with Crippen molar-refractivity contribution in [2.45, 2.75) is 32.0 Å². The number of aliphatic hydroxyl groups is 1. The molecule has 2 aromatic carbocycles. The molecule has 4 rings (SSSR count). The molecule has 1 unspecified atom stereocenters. The summed E-state index contributed by atoms with van der Waals surface area (Å²) in [7, 11) is 1.61. The van der Waals surface area contributed by atoms with Crippen LogP contribution in [-0.2, 0) is 13.2 Å². The second-order valence-corrected chi connectivity index (χ2v) is 7.04. The summed E-state index contributed by atoms with van der Waals surface area (Å²) in [5.74, 6) is 0.421. The normalized spacial score (nSPS) is 18.1. The Balaban J connectivity index is 1.55. The number of piperidine rings is 1. The summed E-state index contributed by atoms with van der Waals surface area (Å²) in [5, 5.41) is 9.54. The zero-order chi connectivity index (χ0) is 18.8. The predicted octanol–water partition coefficient (Wildman–Crippen LogP) is 2.93. The molecule has 1 saturated heterocycles. The molecule has 2 heterocycles. The van der Waals surface area contributed by atoms with Crippen molar-refractivity contribution < 1.29 is 14.3 Å². The summed E-state index contributed by atoms with van der Waals surface area (Å²) in [4.78, 5) is 14.7. The van der Waals surface area contributed by atoms with Crippen LogP contribution in [0, 0.1) is 0 Å². The number of oxazole rings is 1. The molecule has 1 N–H and O–H groups in total. The molecule has 1 fully saturated rings. The second-order valence-electron chi connectivity index (χ2n) is 7.04. The van der Waals surface area contributed by atoms with Gasteiger partial charge in [0.05, 0.1) is 25.3 Å². The maximum atomic E-state index is 12.4. The third-order valence-corrected chi connectivity index (χ3v) is 5.29. The Labute approximate surface area is 157 Å². The molecule has 3 aromatic rings. The van der Waals surface area contributed by atoms with Gasteiger partial charge in [-0.25, -0.2) is 4.79 Å². The lowest BCUT2D eigenvalue weighted by Crippen LogP contribution is -2.38. The number of methoxy groups -OCH3 is 1. The highest BCUT2D eigenvalue weighted by atomic mass is 16.5. The third kappa shape index (κ3) is 3.50. The second kappa shape index (κ2) is 7.58. The highest BCUT2D eigenvalue weighted by Crippen LogP contribution is 2.27. The van der Waals surface area contributed by atoms with Gasteiger partial charge in [0, 0.05) is 18.7 Å². The number of rotatable bonds is 5. The van der Waals surface area contributed by atoms with Crippen molar-refractivity contribution in [1.29, 1.82) is 0 Å². The Bertz CT molecular complexity index is 991. The standard InChI is InChI=1S/C21H24N2O4/c1-26-19-9-8-15(11-16(19)14-24)12-22-10-4-5-17(13-22)23-18-6-2-3-7-20(18)27-21(23)25/h2-3,6-9,11,17,24H,4-5,10,12-14H2,1H3. The van der Waals surface area contributed by atoms with E-state index in [-0.39, 0.29) is 18.4 Å². The molecule has 0 bridgehead atoms. The number of likely N-dealkylation sites (tertiary alicyclic amines) is 1. The van der Waals surface area contributed by atoms with Crippen LogP contribution < -0.4 is 10.5 Å². The van der Waals surface area contributed by atoms with E-state index >= 15 is 0 Å². The van der Waals surface area contributed by atoms with Gasteiger partial charge >= 0.3 is 5.76 Å². The van der Waals surface area contributed by atoms with E-state index in [1.54, 1.807) is 11.7 Å². The molecule has 6 heteroatoms. The molecule has 0 spiro atoms. The Kier molecular flexibility index (Phi) is 5.01. The topological polar surface area (TPSA) is 67.8 Å². The molecule has 0 amide bonds. The smallest absolute Gasteiger partial charge is 0.420 e. The van der Waals surface area contributed by atoms with Crippen molar-refractivity contribution in [2.24, 2.45) is 0 Å². The summed E-state index contributed by atoms with van der Waals surface area (Å²) in [5.41, 5.74) is 3.43. The van der Waals surface area contributed by atoms with Crippen molar-refractivity contribution in [3.05, 3.63) is 64.1 Å². The molecule has 142 valence electrons. The van der Waals surface area contributed by atoms with E-state index in [1.165, 1.54) is 0 Å². The fourth-order valence-electron chi connectivity index (χ4n) is 4.03. The summed E-state index contributed by atoms with van der Waals surface area (Å²) >= 11 is 0. The van der Waals surface area contributed by atoms with E-state index in [4.69, 9.17) is 9.15 Å². The number of fused-ring (bicyclic) bond motifs is 1. The number of para-hydroxylation sites is 2. The van der Waals surface area contributed by atoms with Crippen LogP contribution in [0.5, 0.6) is 5.75 Å². The van der Waals surface area contributed by atoms with Gasteiger partial charge in [-0.3, -0.25) is 9.47 Å². The maximum Gasteiger partial charge on any atom is 0.420 e. The molecule has 1 aliphatic rings. The number of aromatic nitrogens is 1. The molecule has 1 atom stereocenters. The van der Waals surface area contributed by atoms with Gasteiger partial charge < -0.3 is 14.3 Å². The van der Waals surface area contributed by atoms with Crippen LogP contribution in [0.3, 0.4) is 0 Å². The molecule has 1 aliphatic heterocycles. The van der Waals surface area contributed by atoms with Gasteiger partial charge in [-0.2, -0.15) is 0 Å². The van der Waals surface area contributed by atoms with Crippen LogP contribution in [0.1, 0.15) is 30.0 Å². The zero-order valence-electron chi connectivity index (χ0n) is 15.4. The lowest BCUT2D eigenvalue weighted by Gasteiger charge is -2.33. The van der Waals surface area contributed by atoms with E-state index in [1.807, 2.05) is 42.5 Å². The minimum atomic E-state index is -0.282. The number of nitrogens with zero attached hydrogens (tertiary/aromatic N) is 2. The average molecular weight is 368 g/mol. The number of benzene rings is 2. The highest BCUT2D eigenvalue weighted by Gasteiger charge is 2.25. The Hall–Kier alpha value is -2.57. The van der Waals surface area contributed by atoms with Crippen LogP contribution >= 0.6 is 0 Å². The van der Waals surface area contributed by atoms with Crippen LogP contribution in [0.25, 0.3) is 11.1 Å². The molecule has 27 heavy (non-hydrogen) atoms. The van der Waals surface area contributed by atoms with Crippen LogP contribution in [0.15, 0.2) is 51.7 Å². The number of hydrogen-bond acceptors (Lipinski definition) is 5. The van der Waals surface area contributed by atoms with E-state index in [0.29, 0.717) is 11.3 Å². The van der Waals surface area contributed by atoms with Crippen LogP contribution in [-0.4, -0.2) is 34.8 Å². The minimum absolute atomic E-state index is 0.0456. The van der Waals surface area contributed by atoms with Crippen molar-refractivity contribution in [2.75, 3.05) is 20.2 Å². The van der Waals surface area contributed by atoms with E-state index < -0.39 is 0 Å². The highest BCUT2D eigenvalue weighted by molar-refractivity contribution is 5.72. The zero-order valence-corrected chi connectivity index (χ0v) is 15.4. The molecule has 0 saturated carbocycles. The summed E-state index contributed by atoms with van der Waals surface area (Å²) in [6.07, 6.45) is 1.99. The van der Waals surface area contributed by atoms with E-state index in [0.717, 1.165) is 49.1 Å². The third-order valence-electron chi connectivity index (χ3n) is 5.29. The van der Waals surface area contributed by atoms with Crippen molar-refractivity contribution in [1.82, 2.24) is 9.47 Å². The summed E-state index contributed by atoms with van der Waals surface area (Å²) in [6.45, 7) is 2.51. The van der Waals surface area contributed by atoms with Gasteiger partial charge in [-0.1, -0.05) is 18.2 Å². The fraction of sp³-hybridized carbons (Fsp3) is 0.381. The minimum Gasteiger partial charge on any atom is -0.496 e. The Morgan fingerprint density at radius 2 is 2.11 bits per heavy atom. The van der Waals surface area contributed by atoms with Gasteiger partial charge in [0.1, 0.15) is 5.75 Å². The van der Waals surface area contributed by atoms with Gasteiger partial charge in [0.25, 0.3) is 0 Å². The number of ether oxygens (including phenoxy) is 1. The van der Waals surface area contributed by atoms with Crippen LogP contribution in [0.4, 0.5) is 0 Å². The van der Waals surface area contributed by atoms with Crippen molar-refractivity contribution in [3.63, 3.8) is 0 Å². The monoisotopic (exact) mass is 368 g/mol. The molecular weight excluding hydrogens is 344 g/mol. The largest absolute Gasteiger partial charge is 0.496 e. The molecule has 6 nitrogen and oxygen atoms in total. The predicted molar refractivity (Wildman–Crippen MR) is 103 cm³/mol. The fourth-order valence-corrected chi connectivity index (χ4v) is 4.03. The van der Waals surface area contributed by atoms with Gasteiger partial charge in [-0.15, -0.1) is 0 Å². The first-order valence-electron chi connectivity index (χ1n) is 9.28. The summed E-state index contributed by atoms with van der Waals surface area (Å²) < 4.78 is 12.5. The Morgan fingerprint density at radius 1 is 1.26 bits per heavy atom. The van der Waals surface area contributed by atoms with Crippen molar-refractivity contribution >= 4 is 11.1 Å².